The normalized spacial score (nSPS) is 18.7. The standard InChI is InChI=1S/C34H48N8O6.4ClH/c35-27-11-7-25(8-12-27)23-37-31(43)39-15-19-41(20-16-39)33(45)47-29-3-1-4-30(6-2-5-29)48-34(46)42-21-17-40(18-22-42)32(44)38-24-26-9-13-28(36)14-10-26;;;;/h7-14,29-30H,1-6,15-24,35-36H2,(H,37,43)(H,38,44);4*1H/t29-,30+;;;;. The Hall–Kier alpha value is -3.72. The summed E-state index contributed by atoms with van der Waals surface area (Å²) in [6, 6.07) is 14.4. The molecule has 0 atom stereocenters. The van der Waals surface area contributed by atoms with E-state index in [9.17, 15) is 19.2 Å². The van der Waals surface area contributed by atoms with Gasteiger partial charge in [-0.15, -0.1) is 49.6 Å². The van der Waals surface area contributed by atoms with Gasteiger partial charge >= 0.3 is 24.2 Å². The quantitative estimate of drug-likeness (QED) is 0.286. The number of urea groups is 2. The molecule has 2 heterocycles. The van der Waals surface area contributed by atoms with Crippen molar-refractivity contribution >= 4 is 85.3 Å². The second kappa shape index (κ2) is 23.1. The lowest BCUT2D eigenvalue weighted by Crippen LogP contribution is -2.53. The first kappa shape index (κ1) is 46.3. The number of nitrogens with zero attached hydrogens (tertiary/aromatic N) is 4. The van der Waals surface area contributed by atoms with E-state index in [0.717, 1.165) is 24.0 Å². The number of nitrogens with one attached hydrogen (secondary N) is 2. The van der Waals surface area contributed by atoms with Gasteiger partial charge in [0.05, 0.1) is 0 Å². The molecule has 292 valence electrons. The highest BCUT2D eigenvalue weighted by Gasteiger charge is 2.30. The van der Waals surface area contributed by atoms with E-state index >= 15 is 0 Å². The Bertz CT molecular complexity index is 1280. The van der Waals surface area contributed by atoms with Gasteiger partial charge in [-0.05, 0) is 73.9 Å². The van der Waals surface area contributed by atoms with Crippen molar-refractivity contribution in [1.82, 2.24) is 30.2 Å². The molecule has 1 saturated carbocycles. The fourth-order valence-corrected chi connectivity index (χ4v) is 6.14. The zero-order valence-electron chi connectivity index (χ0n) is 29.1. The number of nitrogens with two attached hydrogens (primary N) is 2. The van der Waals surface area contributed by atoms with E-state index in [1.54, 1.807) is 43.9 Å². The maximum Gasteiger partial charge on any atom is 0.410 e. The van der Waals surface area contributed by atoms with Crippen LogP contribution in [0.5, 0.6) is 0 Å². The number of hydrogen-bond acceptors (Lipinski definition) is 8. The highest BCUT2D eigenvalue weighted by Crippen LogP contribution is 2.24. The molecule has 0 unspecified atom stereocenters. The molecule has 0 aromatic heterocycles. The van der Waals surface area contributed by atoms with Gasteiger partial charge < -0.3 is 51.2 Å². The second-order valence-electron chi connectivity index (χ2n) is 12.6. The molecule has 2 aliphatic heterocycles. The number of piperazine rings is 2. The van der Waals surface area contributed by atoms with Crippen molar-refractivity contribution < 1.29 is 28.7 Å². The van der Waals surface area contributed by atoms with Crippen LogP contribution in [0, 0.1) is 0 Å². The van der Waals surface area contributed by atoms with Gasteiger partial charge in [0.1, 0.15) is 12.2 Å². The molecule has 14 nitrogen and oxygen atoms in total. The van der Waals surface area contributed by atoms with Crippen LogP contribution >= 0.6 is 49.6 Å². The molecular formula is C34H52Cl4N8O6. The molecule has 0 radical (unpaired) electrons. The molecular weight excluding hydrogens is 758 g/mol. The van der Waals surface area contributed by atoms with E-state index in [4.69, 9.17) is 20.9 Å². The van der Waals surface area contributed by atoms with Crippen LogP contribution in [0.1, 0.15) is 49.7 Å². The predicted molar refractivity (Wildman–Crippen MR) is 210 cm³/mol. The van der Waals surface area contributed by atoms with Crippen molar-refractivity contribution in [2.45, 2.75) is 63.8 Å². The Morgan fingerprint density at radius 1 is 0.519 bits per heavy atom. The van der Waals surface area contributed by atoms with Gasteiger partial charge in [0.2, 0.25) is 0 Å². The van der Waals surface area contributed by atoms with Crippen LogP contribution in [0.3, 0.4) is 0 Å². The number of ether oxygens (including phenoxy) is 2. The molecule has 18 heteroatoms. The minimum Gasteiger partial charge on any atom is -0.446 e. The van der Waals surface area contributed by atoms with Gasteiger partial charge in [0.25, 0.3) is 0 Å². The summed E-state index contributed by atoms with van der Waals surface area (Å²) in [5, 5.41) is 5.84. The zero-order valence-corrected chi connectivity index (χ0v) is 32.4. The topological polar surface area (TPSA) is 176 Å². The molecule has 0 spiro atoms. The van der Waals surface area contributed by atoms with Crippen LogP contribution in [-0.2, 0) is 22.6 Å². The van der Waals surface area contributed by atoms with Gasteiger partial charge in [-0.1, -0.05) is 24.3 Å². The number of halogens is 4. The van der Waals surface area contributed by atoms with Gasteiger partial charge in [-0.25, -0.2) is 19.2 Å². The molecule has 2 aromatic carbocycles. The first-order valence-electron chi connectivity index (χ1n) is 16.9. The minimum atomic E-state index is -0.344. The van der Waals surface area contributed by atoms with Crippen LogP contribution in [-0.4, -0.2) is 108 Å². The second-order valence-corrected chi connectivity index (χ2v) is 12.6. The van der Waals surface area contributed by atoms with E-state index in [1.165, 1.54) is 0 Å². The molecule has 0 bridgehead atoms. The smallest absolute Gasteiger partial charge is 0.410 e. The SMILES string of the molecule is Cl.Cl.Cl.Cl.Nc1ccc(CNC(=O)N2CCN(C(=O)O[C@H]3CCC[C@@H](OC(=O)N4CCN(C(=O)NCc5ccc(N)cc5)CC4)CCC3)CC2)cc1. The van der Waals surface area contributed by atoms with Crippen molar-refractivity contribution in [2.75, 3.05) is 63.8 Å². The van der Waals surface area contributed by atoms with Crippen molar-refractivity contribution in [3.8, 4) is 0 Å². The average Bonchev–Trinajstić information content (AvgIpc) is 3.09. The lowest BCUT2D eigenvalue weighted by atomic mass is 9.96. The Morgan fingerprint density at radius 2 is 0.808 bits per heavy atom. The number of rotatable bonds is 6. The van der Waals surface area contributed by atoms with Crippen LogP contribution in [0.2, 0.25) is 0 Å². The van der Waals surface area contributed by atoms with E-state index in [0.29, 0.717) is 103 Å². The van der Waals surface area contributed by atoms with E-state index in [-0.39, 0.29) is 86.1 Å². The highest BCUT2D eigenvalue weighted by molar-refractivity contribution is 5.86. The summed E-state index contributed by atoms with van der Waals surface area (Å²) >= 11 is 0. The summed E-state index contributed by atoms with van der Waals surface area (Å²) in [6.45, 7) is 4.24. The third kappa shape index (κ3) is 14.0. The fourth-order valence-electron chi connectivity index (χ4n) is 6.14. The van der Waals surface area contributed by atoms with Gasteiger partial charge in [0.15, 0.2) is 0 Å². The first-order chi connectivity index (χ1) is 23.2. The number of amides is 6. The van der Waals surface area contributed by atoms with Crippen molar-refractivity contribution in [3.63, 3.8) is 0 Å². The summed E-state index contributed by atoms with van der Waals surface area (Å²) in [5.74, 6) is 0. The zero-order chi connectivity index (χ0) is 33.9. The monoisotopic (exact) mass is 808 g/mol. The molecule has 6 amide bonds. The number of benzene rings is 2. The van der Waals surface area contributed by atoms with Crippen molar-refractivity contribution in [3.05, 3.63) is 59.7 Å². The van der Waals surface area contributed by atoms with Gasteiger partial charge in [-0.3, -0.25) is 0 Å². The molecule has 3 fully saturated rings. The summed E-state index contributed by atoms with van der Waals surface area (Å²) in [6.07, 6.45) is 3.32. The maximum atomic E-state index is 12.9. The number of anilines is 2. The molecule has 2 aromatic rings. The predicted octanol–water partition coefficient (Wildman–Crippen LogP) is 5.26. The lowest BCUT2D eigenvalue weighted by Gasteiger charge is -2.36. The summed E-state index contributed by atoms with van der Waals surface area (Å²) in [4.78, 5) is 57.8. The lowest BCUT2D eigenvalue weighted by molar-refractivity contribution is 0.0196. The van der Waals surface area contributed by atoms with Crippen molar-refractivity contribution in [1.29, 1.82) is 0 Å². The van der Waals surface area contributed by atoms with Crippen LogP contribution in [0.15, 0.2) is 48.5 Å². The third-order valence-electron chi connectivity index (χ3n) is 9.14. The van der Waals surface area contributed by atoms with Crippen LogP contribution < -0.4 is 22.1 Å². The number of hydrogen-bond donors (Lipinski definition) is 4. The summed E-state index contributed by atoms with van der Waals surface area (Å²) in [7, 11) is 0. The largest absolute Gasteiger partial charge is 0.446 e. The average molecular weight is 811 g/mol. The summed E-state index contributed by atoms with van der Waals surface area (Å²) < 4.78 is 11.7. The highest BCUT2D eigenvalue weighted by atomic mass is 35.5. The van der Waals surface area contributed by atoms with E-state index < -0.39 is 0 Å². The van der Waals surface area contributed by atoms with Crippen LogP contribution in [0.4, 0.5) is 30.6 Å². The van der Waals surface area contributed by atoms with E-state index in [2.05, 4.69) is 10.6 Å². The Labute approximate surface area is 330 Å². The van der Waals surface area contributed by atoms with Gasteiger partial charge in [0, 0.05) is 76.8 Å². The van der Waals surface area contributed by atoms with Crippen LogP contribution in [0.25, 0.3) is 0 Å². The Kier molecular flexibility index (Phi) is 20.5. The number of nitrogen functional groups attached to an aromatic ring is 2. The van der Waals surface area contributed by atoms with Crippen molar-refractivity contribution in [2.24, 2.45) is 0 Å². The Balaban J connectivity index is 0.00000338. The molecule has 5 rings (SSSR count). The molecule has 52 heavy (non-hydrogen) atoms. The first-order valence-corrected chi connectivity index (χ1v) is 16.9. The molecule has 6 N–H and O–H groups in total. The molecule has 1 aliphatic carbocycles. The third-order valence-corrected chi connectivity index (χ3v) is 9.14. The Morgan fingerprint density at radius 3 is 1.12 bits per heavy atom. The number of carbonyl (C=O) groups excluding carboxylic acids is 4. The minimum absolute atomic E-state index is 0. The molecule has 2 saturated heterocycles. The molecule has 3 aliphatic rings. The van der Waals surface area contributed by atoms with E-state index in [1.807, 2.05) is 24.3 Å². The number of carbonyl (C=O) groups is 4. The van der Waals surface area contributed by atoms with Gasteiger partial charge in [-0.2, -0.15) is 0 Å². The summed E-state index contributed by atoms with van der Waals surface area (Å²) in [5.41, 5.74) is 14.7. The fraction of sp³-hybridized carbons (Fsp3) is 0.529. The maximum absolute atomic E-state index is 12.9.